The Hall–Kier alpha value is -10.8. The number of hydrogen-bond acceptors (Lipinski definition) is 2. The zero-order chi connectivity index (χ0) is 65.1. The van der Waals surface area contributed by atoms with Crippen molar-refractivity contribution in [1.82, 2.24) is 0 Å². The summed E-state index contributed by atoms with van der Waals surface area (Å²) in [6.07, 6.45) is 0. The Morgan fingerprint density at radius 2 is 0.484 bits per heavy atom. The van der Waals surface area contributed by atoms with Gasteiger partial charge < -0.3 is 9.80 Å². The van der Waals surface area contributed by atoms with Crippen LogP contribution in [0.4, 0.5) is 34.1 Å². The van der Waals surface area contributed by atoms with Gasteiger partial charge in [0.1, 0.15) is 0 Å². The summed E-state index contributed by atoms with van der Waals surface area (Å²) < 4.78 is 0. The van der Waals surface area contributed by atoms with Crippen molar-refractivity contribution < 1.29 is 0 Å². The highest BCUT2D eigenvalue weighted by atomic mass is 15.2. The Bertz CT molecular complexity index is 5230. The lowest BCUT2D eigenvalue weighted by molar-refractivity contribution is 0.660. The molecule has 460 valence electrons. The van der Waals surface area contributed by atoms with Crippen LogP contribution in [0, 0.1) is 27.7 Å². The fraction of sp³-hybridized carbons (Fsp3) is 0.140. The number of hydrogen-bond donors (Lipinski definition) is 0. The van der Waals surface area contributed by atoms with Crippen LogP contribution in [0.15, 0.2) is 291 Å². The van der Waals surface area contributed by atoms with Crippen molar-refractivity contribution in [3.05, 3.63) is 347 Å². The predicted molar refractivity (Wildman–Crippen MR) is 405 cm³/mol. The van der Waals surface area contributed by atoms with E-state index >= 15 is 0 Å². The Morgan fingerprint density at radius 1 is 0.200 bits per heavy atom. The summed E-state index contributed by atoms with van der Waals surface area (Å²) in [7, 11) is 0. The Morgan fingerprint density at radius 3 is 0.863 bits per heavy atom. The van der Waals surface area contributed by atoms with E-state index in [0.29, 0.717) is 0 Å². The molecule has 0 N–H and O–H groups in total. The molecule has 2 heteroatoms. The number of nitrogens with zero attached hydrogens (tertiary/aromatic N) is 2. The van der Waals surface area contributed by atoms with E-state index in [0.717, 1.165) is 5.69 Å². The van der Waals surface area contributed by atoms with E-state index < -0.39 is 0 Å². The molecule has 0 heterocycles. The molecule has 0 aliphatic heterocycles. The maximum absolute atomic E-state index is 2.52. The summed E-state index contributed by atoms with van der Waals surface area (Å²) in [5.41, 5.74) is 35.8. The van der Waals surface area contributed by atoms with Gasteiger partial charge in [-0.25, -0.2) is 0 Å². The highest BCUT2D eigenvalue weighted by Gasteiger charge is 2.39. The van der Waals surface area contributed by atoms with Crippen molar-refractivity contribution in [3.8, 4) is 66.8 Å². The average Bonchev–Trinajstić information content (AvgIpc) is 1.62. The van der Waals surface area contributed by atoms with Crippen molar-refractivity contribution in [2.24, 2.45) is 0 Å². The number of fused-ring (bicyclic) bond motifs is 11. The molecule has 14 aromatic rings. The van der Waals surface area contributed by atoms with Gasteiger partial charge in [-0.15, -0.1) is 0 Å². The predicted octanol–water partition coefficient (Wildman–Crippen LogP) is 25.8. The van der Waals surface area contributed by atoms with Crippen LogP contribution in [-0.2, 0) is 16.2 Å². The average molecular weight is 1220 g/mol. The van der Waals surface area contributed by atoms with Crippen LogP contribution in [0.5, 0.6) is 0 Å². The molecule has 0 fully saturated rings. The van der Waals surface area contributed by atoms with Crippen molar-refractivity contribution in [2.75, 3.05) is 9.80 Å². The minimum absolute atomic E-state index is 0.0746. The summed E-state index contributed by atoms with van der Waals surface area (Å²) >= 11 is 0. The summed E-state index contributed by atoms with van der Waals surface area (Å²) in [5, 5.41) is 5.07. The first kappa shape index (κ1) is 59.2. The number of benzene rings is 14. The molecule has 0 amide bonds. The summed E-state index contributed by atoms with van der Waals surface area (Å²) in [4.78, 5) is 4.98. The molecule has 17 rings (SSSR count). The van der Waals surface area contributed by atoms with E-state index in [4.69, 9.17) is 0 Å². The minimum atomic E-state index is -0.0841. The molecule has 0 spiro atoms. The van der Waals surface area contributed by atoms with Gasteiger partial charge in [0, 0.05) is 39.0 Å². The van der Waals surface area contributed by atoms with Crippen LogP contribution in [0.2, 0.25) is 0 Å². The Balaban J connectivity index is 0.000000150. The van der Waals surface area contributed by atoms with Gasteiger partial charge in [-0.2, -0.15) is 0 Å². The van der Waals surface area contributed by atoms with Crippen LogP contribution in [0.3, 0.4) is 0 Å². The molecule has 2 nitrogen and oxygen atoms in total. The molecule has 3 aliphatic rings. The molecule has 0 unspecified atom stereocenters. The van der Waals surface area contributed by atoms with E-state index in [1.165, 1.54) is 172 Å². The molecule has 0 bridgehead atoms. The van der Waals surface area contributed by atoms with Gasteiger partial charge in [0.2, 0.25) is 0 Å². The molecule has 3 aliphatic carbocycles. The SMILES string of the molecule is Cc1cc(-c2ccc3ccccc3c2)cc(C)c1N(c1ccc(-c2ccccc2)cc1)c1ccc2c(c1)C(C)(C)c1ccccc1-2.Cc1cc(-c2ccc3ccccc3c2)cc(C)c1N(c1ccc2c(c1)C(C)(C)c1ccccc1-2)c1ccc2c(c1)C(C)(C)c1ccccc1-2. The van der Waals surface area contributed by atoms with Crippen LogP contribution in [0.1, 0.15) is 97.2 Å². The summed E-state index contributed by atoms with van der Waals surface area (Å²) in [5.74, 6) is 0. The lowest BCUT2D eigenvalue weighted by Crippen LogP contribution is -2.18. The van der Waals surface area contributed by atoms with E-state index in [1.807, 2.05) is 0 Å². The maximum atomic E-state index is 2.52. The lowest BCUT2D eigenvalue weighted by atomic mass is 9.82. The van der Waals surface area contributed by atoms with E-state index in [2.05, 4.69) is 370 Å². The third kappa shape index (κ3) is 9.92. The summed E-state index contributed by atoms with van der Waals surface area (Å²) in [6, 6.07) is 108. The number of aryl methyl sites for hydroxylation is 4. The first-order valence-corrected chi connectivity index (χ1v) is 33.7. The normalized spacial score (nSPS) is 13.8. The monoisotopic (exact) mass is 1220 g/mol. The molecule has 0 saturated heterocycles. The van der Waals surface area contributed by atoms with Crippen LogP contribution < -0.4 is 9.80 Å². The van der Waals surface area contributed by atoms with Crippen molar-refractivity contribution in [3.63, 3.8) is 0 Å². The quantitative estimate of drug-likeness (QED) is 0.142. The smallest absolute Gasteiger partial charge is 0.0520 e. The number of anilines is 6. The maximum Gasteiger partial charge on any atom is 0.0520 e. The Kier molecular flexibility index (Phi) is 14.2. The second-order valence-corrected chi connectivity index (χ2v) is 28.3. The van der Waals surface area contributed by atoms with Crippen LogP contribution in [0.25, 0.3) is 88.3 Å². The molecular formula is C93H78N2. The van der Waals surface area contributed by atoms with Gasteiger partial charge in [-0.05, 0) is 257 Å². The van der Waals surface area contributed by atoms with Crippen molar-refractivity contribution in [2.45, 2.75) is 85.5 Å². The van der Waals surface area contributed by atoms with E-state index in [9.17, 15) is 0 Å². The van der Waals surface area contributed by atoms with Crippen LogP contribution >= 0.6 is 0 Å². The lowest BCUT2D eigenvalue weighted by Gasteiger charge is -2.32. The highest BCUT2D eigenvalue weighted by molar-refractivity contribution is 5.94. The van der Waals surface area contributed by atoms with Gasteiger partial charge >= 0.3 is 0 Å². The van der Waals surface area contributed by atoms with E-state index in [1.54, 1.807) is 0 Å². The molecule has 0 aromatic heterocycles. The molecule has 14 aromatic carbocycles. The fourth-order valence-corrected chi connectivity index (χ4v) is 16.4. The van der Waals surface area contributed by atoms with E-state index in [-0.39, 0.29) is 16.2 Å². The minimum Gasteiger partial charge on any atom is -0.310 e. The second-order valence-electron chi connectivity index (χ2n) is 28.3. The van der Waals surface area contributed by atoms with Gasteiger partial charge in [-0.3, -0.25) is 0 Å². The molecule has 95 heavy (non-hydrogen) atoms. The van der Waals surface area contributed by atoms with Gasteiger partial charge in [0.05, 0.1) is 11.4 Å². The second kappa shape index (κ2) is 22.7. The third-order valence-electron chi connectivity index (χ3n) is 21.3. The highest BCUT2D eigenvalue weighted by Crippen LogP contribution is 2.55. The zero-order valence-corrected chi connectivity index (χ0v) is 56.1. The number of rotatable bonds is 9. The first-order valence-electron chi connectivity index (χ1n) is 33.7. The summed E-state index contributed by atoms with van der Waals surface area (Å²) in [6.45, 7) is 23.3. The van der Waals surface area contributed by atoms with Crippen molar-refractivity contribution >= 4 is 55.7 Å². The standard InChI is InChI=1S/C48H41N.C45H37N/c1-30-25-35(34-20-19-32-13-7-8-14-33(32)27-34)26-31(2)46(30)49(36-21-23-40-38-15-9-11-17-42(38)47(3,4)44(40)28-36)37-22-24-41-39-16-10-12-18-43(39)48(5,6)45(41)29-37;1-30-26-37(36-19-18-33-14-8-9-15-35(33)28-36)27-31(2)44(30)46(38-22-20-34(21-23-38)32-12-6-5-7-13-32)39-24-25-41-40-16-10-11-17-42(40)45(3,4)43(41)29-39/h7-29H,1-6H3;5-29H,1-4H3. The molecule has 0 atom stereocenters. The van der Waals surface area contributed by atoms with Gasteiger partial charge in [0.15, 0.2) is 0 Å². The molecule has 0 radical (unpaired) electrons. The fourth-order valence-electron chi connectivity index (χ4n) is 16.4. The third-order valence-corrected chi connectivity index (χ3v) is 21.3. The Labute approximate surface area is 561 Å². The van der Waals surface area contributed by atoms with Gasteiger partial charge in [-0.1, -0.05) is 248 Å². The van der Waals surface area contributed by atoms with Gasteiger partial charge in [0.25, 0.3) is 0 Å². The largest absolute Gasteiger partial charge is 0.310 e. The topological polar surface area (TPSA) is 6.48 Å². The first-order chi connectivity index (χ1) is 46.0. The van der Waals surface area contributed by atoms with Crippen LogP contribution in [-0.4, -0.2) is 0 Å². The van der Waals surface area contributed by atoms with Crippen molar-refractivity contribution in [1.29, 1.82) is 0 Å². The molecular weight excluding hydrogens is 1150 g/mol. The molecule has 0 saturated carbocycles. The zero-order valence-electron chi connectivity index (χ0n) is 56.1.